The molecule has 0 aromatic carbocycles. The van der Waals surface area contributed by atoms with E-state index in [1.807, 2.05) is 0 Å². The number of carbonyl (C=O) groups is 2. The summed E-state index contributed by atoms with van der Waals surface area (Å²) >= 11 is 0. The van der Waals surface area contributed by atoms with E-state index >= 15 is 0 Å². The first kappa shape index (κ1) is 16.9. The predicted octanol–water partition coefficient (Wildman–Crippen LogP) is 1.74. The van der Waals surface area contributed by atoms with Crippen molar-refractivity contribution in [1.29, 1.82) is 0 Å². The lowest BCUT2D eigenvalue weighted by Crippen LogP contribution is -2.45. The van der Waals surface area contributed by atoms with E-state index < -0.39 is 29.2 Å². The standard InChI is InChI=1S/C13H16F3N3O2/c1-12(2,3)19-10(20)7-18-11(21)8-4-5-9(17-6-8)13(14,15)16/h4-6H,7H2,1-3H3,(H,18,21)(H,19,20). The van der Waals surface area contributed by atoms with E-state index in [9.17, 15) is 22.8 Å². The van der Waals surface area contributed by atoms with Gasteiger partial charge in [-0.05, 0) is 32.9 Å². The Balaban J connectivity index is 2.59. The first-order valence-corrected chi connectivity index (χ1v) is 6.11. The molecule has 21 heavy (non-hydrogen) atoms. The summed E-state index contributed by atoms with van der Waals surface area (Å²) in [6.45, 7) is 5.09. The molecule has 0 fully saturated rings. The highest BCUT2D eigenvalue weighted by Gasteiger charge is 2.32. The molecule has 0 radical (unpaired) electrons. The molecule has 0 spiro atoms. The lowest BCUT2D eigenvalue weighted by molar-refractivity contribution is -0.141. The SMILES string of the molecule is CC(C)(C)NC(=O)CNC(=O)c1ccc(C(F)(F)F)nc1. The molecule has 1 aromatic heterocycles. The molecular formula is C13H16F3N3O2. The van der Waals surface area contributed by atoms with Crippen LogP contribution in [0.15, 0.2) is 18.3 Å². The van der Waals surface area contributed by atoms with Crippen LogP contribution in [0.4, 0.5) is 13.2 Å². The zero-order valence-corrected chi connectivity index (χ0v) is 11.8. The maximum atomic E-state index is 12.3. The number of carbonyl (C=O) groups excluding carboxylic acids is 2. The summed E-state index contributed by atoms with van der Waals surface area (Å²) in [7, 11) is 0. The quantitative estimate of drug-likeness (QED) is 0.893. The number of nitrogens with zero attached hydrogens (tertiary/aromatic N) is 1. The van der Waals surface area contributed by atoms with Crippen molar-refractivity contribution in [2.45, 2.75) is 32.5 Å². The zero-order chi connectivity index (χ0) is 16.3. The van der Waals surface area contributed by atoms with E-state index in [2.05, 4.69) is 15.6 Å². The van der Waals surface area contributed by atoms with Crippen LogP contribution in [0, 0.1) is 0 Å². The van der Waals surface area contributed by atoms with Gasteiger partial charge in [-0.2, -0.15) is 13.2 Å². The van der Waals surface area contributed by atoms with Crippen LogP contribution >= 0.6 is 0 Å². The number of hydrogen-bond donors (Lipinski definition) is 2. The van der Waals surface area contributed by atoms with Crippen molar-refractivity contribution >= 4 is 11.8 Å². The van der Waals surface area contributed by atoms with E-state index in [-0.39, 0.29) is 12.1 Å². The van der Waals surface area contributed by atoms with Gasteiger partial charge in [0.15, 0.2) is 0 Å². The minimum absolute atomic E-state index is 0.0495. The molecule has 5 nitrogen and oxygen atoms in total. The number of hydrogen-bond acceptors (Lipinski definition) is 3. The second-order valence-electron chi connectivity index (χ2n) is 5.41. The fourth-order valence-electron chi connectivity index (χ4n) is 1.42. The third-order valence-corrected chi connectivity index (χ3v) is 2.24. The van der Waals surface area contributed by atoms with E-state index in [0.29, 0.717) is 6.07 Å². The highest BCUT2D eigenvalue weighted by molar-refractivity contribution is 5.96. The molecular weight excluding hydrogens is 287 g/mol. The molecule has 8 heteroatoms. The number of nitrogens with one attached hydrogen (secondary N) is 2. The zero-order valence-electron chi connectivity index (χ0n) is 11.8. The van der Waals surface area contributed by atoms with Crippen LogP contribution in [0.1, 0.15) is 36.8 Å². The third-order valence-electron chi connectivity index (χ3n) is 2.24. The lowest BCUT2D eigenvalue weighted by atomic mass is 10.1. The Labute approximate surface area is 119 Å². The Kier molecular flexibility index (Phi) is 4.93. The van der Waals surface area contributed by atoms with Gasteiger partial charge in [0, 0.05) is 11.7 Å². The molecule has 1 rings (SSSR count). The highest BCUT2D eigenvalue weighted by atomic mass is 19.4. The van der Waals surface area contributed by atoms with Gasteiger partial charge >= 0.3 is 6.18 Å². The van der Waals surface area contributed by atoms with Gasteiger partial charge in [-0.3, -0.25) is 14.6 Å². The van der Waals surface area contributed by atoms with Crippen LogP contribution in [0.25, 0.3) is 0 Å². The number of aromatic nitrogens is 1. The summed E-state index contributed by atoms with van der Waals surface area (Å²) in [5, 5.41) is 4.94. The van der Waals surface area contributed by atoms with Crippen molar-refractivity contribution < 1.29 is 22.8 Å². The molecule has 0 aliphatic carbocycles. The fourth-order valence-corrected chi connectivity index (χ4v) is 1.42. The summed E-state index contributed by atoms with van der Waals surface area (Å²) in [4.78, 5) is 26.3. The highest BCUT2D eigenvalue weighted by Crippen LogP contribution is 2.27. The van der Waals surface area contributed by atoms with Gasteiger partial charge in [-0.15, -0.1) is 0 Å². The van der Waals surface area contributed by atoms with Gasteiger partial charge in [0.25, 0.3) is 5.91 Å². The first-order valence-electron chi connectivity index (χ1n) is 6.11. The van der Waals surface area contributed by atoms with Crippen molar-refractivity contribution in [3.63, 3.8) is 0 Å². The van der Waals surface area contributed by atoms with Crippen LogP contribution < -0.4 is 10.6 Å². The number of amides is 2. The fraction of sp³-hybridized carbons (Fsp3) is 0.462. The molecule has 0 aliphatic heterocycles. The molecule has 0 saturated heterocycles. The first-order chi connectivity index (χ1) is 9.49. The molecule has 116 valence electrons. The largest absolute Gasteiger partial charge is 0.433 e. The second kappa shape index (κ2) is 6.11. The van der Waals surface area contributed by atoms with Gasteiger partial charge in [0.1, 0.15) is 5.69 Å². The predicted molar refractivity (Wildman–Crippen MR) is 69.5 cm³/mol. The van der Waals surface area contributed by atoms with Gasteiger partial charge in [0.05, 0.1) is 12.1 Å². The summed E-state index contributed by atoms with van der Waals surface area (Å²) < 4.78 is 36.9. The molecule has 1 aromatic rings. The minimum Gasteiger partial charge on any atom is -0.350 e. The van der Waals surface area contributed by atoms with Crippen molar-refractivity contribution in [3.05, 3.63) is 29.6 Å². The summed E-state index contributed by atoms with van der Waals surface area (Å²) in [6, 6.07) is 1.72. The Morgan fingerprint density at radius 1 is 1.19 bits per heavy atom. The molecule has 0 atom stereocenters. The maximum absolute atomic E-state index is 12.3. The molecule has 2 N–H and O–H groups in total. The second-order valence-corrected chi connectivity index (χ2v) is 5.41. The molecule has 0 bridgehead atoms. The minimum atomic E-state index is -4.55. The molecule has 0 aliphatic rings. The van der Waals surface area contributed by atoms with E-state index in [4.69, 9.17) is 0 Å². The van der Waals surface area contributed by atoms with Gasteiger partial charge in [-0.1, -0.05) is 0 Å². The smallest absolute Gasteiger partial charge is 0.350 e. The van der Waals surface area contributed by atoms with Crippen LogP contribution in [0.5, 0.6) is 0 Å². The average molecular weight is 303 g/mol. The monoisotopic (exact) mass is 303 g/mol. The summed E-state index contributed by atoms with van der Waals surface area (Å²) in [6.07, 6.45) is -3.73. The van der Waals surface area contributed by atoms with Crippen molar-refractivity contribution in [3.8, 4) is 0 Å². The summed E-state index contributed by atoms with van der Waals surface area (Å²) in [5.41, 5.74) is -1.56. The molecule has 0 saturated carbocycles. The Morgan fingerprint density at radius 3 is 2.24 bits per heavy atom. The van der Waals surface area contributed by atoms with Gasteiger partial charge < -0.3 is 10.6 Å². The molecule has 2 amide bonds. The van der Waals surface area contributed by atoms with Crippen molar-refractivity contribution in [1.82, 2.24) is 15.6 Å². The average Bonchev–Trinajstić information content (AvgIpc) is 2.33. The van der Waals surface area contributed by atoms with Crippen molar-refractivity contribution in [2.75, 3.05) is 6.54 Å². The van der Waals surface area contributed by atoms with Crippen LogP contribution in [0.3, 0.4) is 0 Å². The van der Waals surface area contributed by atoms with E-state index in [1.54, 1.807) is 20.8 Å². The number of rotatable bonds is 3. The summed E-state index contributed by atoms with van der Waals surface area (Å²) in [5.74, 6) is -1.06. The van der Waals surface area contributed by atoms with E-state index in [0.717, 1.165) is 12.3 Å². The number of pyridine rings is 1. The van der Waals surface area contributed by atoms with Gasteiger partial charge in [-0.25, -0.2) is 0 Å². The topological polar surface area (TPSA) is 71.1 Å². The third kappa shape index (κ3) is 5.80. The molecule has 0 unspecified atom stereocenters. The Hall–Kier alpha value is -2.12. The van der Waals surface area contributed by atoms with Crippen LogP contribution in [-0.2, 0) is 11.0 Å². The Bertz CT molecular complexity index is 519. The maximum Gasteiger partial charge on any atom is 0.433 e. The van der Waals surface area contributed by atoms with Crippen LogP contribution in [-0.4, -0.2) is 28.9 Å². The molecule has 1 heterocycles. The Morgan fingerprint density at radius 2 is 1.81 bits per heavy atom. The lowest BCUT2D eigenvalue weighted by Gasteiger charge is -2.20. The number of halogens is 3. The van der Waals surface area contributed by atoms with Crippen molar-refractivity contribution in [2.24, 2.45) is 0 Å². The number of alkyl halides is 3. The van der Waals surface area contributed by atoms with Crippen LogP contribution in [0.2, 0.25) is 0 Å². The van der Waals surface area contributed by atoms with Gasteiger partial charge in [0.2, 0.25) is 5.91 Å². The normalized spacial score (nSPS) is 11.9. The van der Waals surface area contributed by atoms with E-state index in [1.165, 1.54) is 0 Å².